The fourth-order valence-corrected chi connectivity index (χ4v) is 3.35. The Kier molecular flexibility index (Phi) is 3.30. The van der Waals surface area contributed by atoms with Crippen LogP contribution in [-0.4, -0.2) is 21.2 Å². The van der Waals surface area contributed by atoms with E-state index in [0.717, 1.165) is 10.0 Å². The molecule has 0 saturated heterocycles. The van der Waals surface area contributed by atoms with Crippen LogP contribution in [0, 0.1) is 0 Å². The average Bonchev–Trinajstić information content (AvgIpc) is 2.83. The number of hydrogen-bond donors (Lipinski definition) is 3. The molecule has 106 valence electrons. The van der Waals surface area contributed by atoms with E-state index >= 15 is 0 Å². The van der Waals surface area contributed by atoms with Gasteiger partial charge in [-0.15, -0.1) is 11.3 Å². The second-order valence-electron chi connectivity index (χ2n) is 4.34. The van der Waals surface area contributed by atoms with Crippen molar-refractivity contribution in [1.82, 2.24) is 4.98 Å². The highest BCUT2D eigenvalue weighted by molar-refractivity contribution is 9.10. The molecule has 3 rings (SSSR count). The minimum Gasteiger partial charge on any atom is -0.506 e. The van der Waals surface area contributed by atoms with Crippen LogP contribution in [0.5, 0.6) is 5.75 Å². The summed E-state index contributed by atoms with van der Waals surface area (Å²) >= 11 is 4.58. The first-order valence-electron chi connectivity index (χ1n) is 5.84. The monoisotopic (exact) mass is 365 g/mol. The number of pyridine rings is 1. The van der Waals surface area contributed by atoms with E-state index in [1.807, 2.05) is 24.3 Å². The third-order valence-electron chi connectivity index (χ3n) is 3.09. The van der Waals surface area contributed by atoms with E-state index in [0.29, 0.717) is 15.8 Å². The van der Waals surface area contributed by atoms with Gasteiger partial charge >= 0.3 is 5.97 Å². The van der Waals surface area contributed by atoms with E-state index in [1.165, 1.54) is 11.3 Å². The molecule has 0 aliphatic heterocycles. The van der Waals surface area contributed by atoms with Crippen LogP contribution in [0.2, 0.25) is 0 Å². The topological polar surface area (TPSA) is 90.4 Å². The maximum absolute atomic E-state index is 11.7. The van der Waals surface area contributed by atoms with Gasteiger partial charge in [-0.2, -0.15) is 0 Å². The zero-order valence-corrected chi connectivity index (χ0v) is 12.8. The molecular formula is C14H8BrNO4S. The van der Waals surface area contributed by atoms with Crippen LogP contribution >= 0.6 is 27.3 Å². The maximum atomic E-state index is 11.7. The Morgan fingerprint density at radius 2 is 1.90 bits per heavy atom. The minimum absolute atomic E-state index is 0.347. The summed E-state index contributed by atoms with van der Waals surface area (Å²) in [7, 11) is 0. The molecule has 0 saturated carbocycles. The van der Waals surface area contributed by atoms with Crippen molar-refractivity contribution in [1.29, 1.82) is 0 Å². The first-order chi connectivity index (χ1) is 9.99. The van der Waals surface area contributed by atoms with Crippen molar-refractivity contribution in [2.45, 2.75) is 0 Å². The highest BCUT2D eigenvalue weighted by Gasteiger charge is 2.21. The molecule has 0 aliphatic carbocycles. The Hall–Kier alpha value is -2.12. The van der Waals surface area contributed by atoms with Gasteiger partial charge in [0.15, 0.2) is 5.56 Å². The van der Waals surface area contributed by atoms with Crippen LogP contribution < -0.4 is 5.56 Å². The minimum atomic E-state index is -1.45. The molecule has 7 heteroatoms. The molecule has 0 fully saturated rings. The normalized spacial score (nSPS) is 10.9. The molecule has 5 nitrogen and oxygen atoms in total. The number of rotatable bonds is 2. The second kappa shape index (κ2) is 5.01. The summed E-state index contributed by atoms with van der Waals surface area (Å²) in [5.74, 6) is -1.95. The molecule has 0 spiro atoms. The fourth-order valence-electron chi connectivity index (χ4n) is 2.12. The smallest absolute Gasteiger partial charge is 0.345 e. The molecule has 21 heavy (non-hydrogen) atoms. The summed E-state index contributed by atoms with van der Waals surface area (Å²) < 4.78 is 0.912. The van der Waals surface area contributed by atoms with Crippen LogP contribution in [0.25, 0.3) is 21.3 Å². The SMILES string of the molecule is O=C(O)c1c(O)c2c(-c3ccc(Br)cc3)csc2[nH]c1=O. The quantitative estimate of drug-likeness (QED) is 0.648. The number of nitrogens with one attached hydrogen (secondary N) is 1. The predicted molar refractivity (Wildman–Crippen MR) is 84.2 cm³/mol. The highest BCUT2D eigenvalue weighted by atomic mass is 79.9. The molecule has 0 radical (unpaired) electrons. The van der Waals surface area contributed by atoms with Gasteiger partial charge in [-0.3, -0.25) is 4.79 Å². The van der Waals surface area contributed by atoms with E-state index in [-0.39, 0.29) is 0 Å². The summed E-state index contributed by atoms with van der Waals surface area (Å²) in [5.41, 5.74) is 0.0536. The highest BCUT2D eigenvalue weighted by Crippen LogP contribution is 2.39. The second-order valence-corrected chi connectivity index (χ2v) is 6.14. The standard InChI is InChI=1S/C14H8BrNO4S/c15-7-3-1-6(2-4-7)8-5-21-13-9(8)11(17)10(14(19)20)12(18)16-13/h1-5H,(H,19,20)(H2,16,17,18). The van der Waals surface area contributed by atoms with Crippen LogP contribution in [0.15, 0.2) is 38.9 Å². The van der Waals surface area contributed by atoms with Gasteiger partial charge in [0.25, 0.3) is 5.56 Å². The lowest BCUT2D eigenvalue weighted by molar-refractivity contribution is 0.0692. The number of halogens is 1. The zero-order valence-electron chi connectivity index (χ0n) is 10.4. The summed E-state index contributed by atoms with van der Waals surface area (Å²) in [6, 6.07) is 7.38. The number of hydrogen-bond acceptors (Lipinski definition) is 4. The average molecular weight is 366 g/mol. The molecule has 2 heterocycles. The van der Waals surface area contributed by atoms with Gasteiger partial charge in [-0.1, -0.05) is 28.1 Å². The summed E-state index contributed by atoms with van der Waals surface area (Å²) in [6.45, 7) is 0. The van der Waals surface area contributed by atoms with Crippen molar-refractivity contribution in [3.05, 3.63) is 50.0 Å². The predicted octanol–water partition coefficient (Wildman–Crippen LogP) is 3.42. The number of H-pyrrole nitrogens is 1. The number of carboxylic acids is 1. The Morgan fingerprint density at radius 3 is 2.52 bits per heavy atom. The molecule has 0 atom stereocenters. The van der Waals surface area contributed by atoms with Gasteiger partial charge in [-0.25, -0.2) is 4.79 Å². The summed E-state index contributed by atoms with van der Waals surface area (Å²) in [5, 5.41) is 21.4. The molecule has 1 aromatic carbocycles. The largest absolute Gasteiger partial charge is 0.506 e. The van der Waals surface area contributed by atoms with Crippen molar-refractivity contribution in [3.63, 3.8) is 0 Å². The number of aromatic hydroxyl groups is 1. The van der Waals surface area contributed by atoms with Gasteiger partial charge in [0.1, 0.15) is 10.6 Å². The van der Waals surface area contributed by atoms with E-state index < -0.39 is 22.8 Å². The fraction of sp³-hybridized carbons (Fsp3) is 0. The lowest BCUT2D eigenvalue weighted by atomic mass is 10.0. The van der Waals surface area contributed by atoms with Gasteiger partial charge in [0.05, 0.1) is 5.39 Å². The number of aromatic carboxylic acids is 1. The third kappa shape index (κ3) is 2.24. The van der Waals surface area contributed by atoms with E-state index in [1.54, 1.807) is 5.38 Å². The van der Waals surface area contributed by atoms with Crippen molar-refractivity contribution < 1.29 is 15.0 Å². The van der Waals surface area contributed by atoms with Gasteiger partial charge < -0.3 is 15.2 Å². The Balaban J connectivity index is 2.36. The molecule has 0 aliphatic rings. The van der Waals surface area contributed by atoms with Crippen molar-refractivity contribution in [3.8, 4) is 16.9 Å². The van der Waals surface area contributed by atoms with Crippen LogP contribution in [-0.2, 0) is 0 Å². The lowest BCUT2D eigenvalue weighted by Crippen LogP contribution is -2.17. The van der Waals surface area contributed by atoms with E-state index in [4.69, 9.17) is 5.11 Å². The number of fused-ring (bicyclic) bond motifs is 1. The van der Waals surface area contributed by atoms with Gasteiger partial charge in [-0.05, 0) is 17.7 Å². The first kappa shape index (κ1) is 13.8. The third-order valence-corrected chi connectivity index (χ3v) is 4.51. The van der Waals surface area contributed by atoms with Crippen LogP contribution in [0.3, 0.4) is 0 Å². The molecule has 0 unspecified atom stereocenters. The maximum Gasteiger partial charge on any atom is 0.345 e. The summed E-state index contributed by atoms with van der Waals surface area (Å²) in [4.78, 5) is 25.7. The number of aromatic amines is 1. The first-order valence-corrected chi connectivity index (χ1v) is 7.52. The van der Waals surface area contributed by atoms with Gasteiger partial charge in [0.2, 0.25) is 0 Å². The number of carbonyl (C=O) groups is 1. The molecule has 0 amide bonds. The van der Waals surface area contributed by atoms with Crippen LogP contribution in [0.1, 0.15) is 10.4 Å². The molecule has 3 N–H and O–H groups in total. The number of benzene rings is 1. The van der Waals surface area contributed by atoms with Crippen molar-refractivity contribution in [2.75, 3.05) is 0 Å². The molecular weight excluding hydrogens is 358 g/mol. The number of carboxylic acid groups (broad SMARTS) is 1. The Bertz CT molecular complexity index is 911. The lowest BCUT2D eigenvalue weighted by Gasteiger charge is -2.04. The number of thiophene rings is 1. The Labute approximate surface area is 130 Å². The Morgan fingerprint density at radius 1 is 1.24 bits per heavy atom. The van der Waals surface area contributed by atoms with Crippen molar-refractivity contribution in [2.24, 2.45) is 0 Å². The van der Waals surface area contributed by atoms with Crippen molar-refractivity contribution >= 4 is 43.5 Å². The van der Waals surface area contributed by atoms with Crippen LogP contribution in [0.4, 0.5) is 0 Å². The molecule has 0 bridgehead atoms. The summed E-state index contributed by atoms with van der Waals surface area (Å²) in [6.07, 6.45) is 0. The van der Waals surface area contributed by atoms with E-state index in [9.17, 15) is 14.7 Å². The zero-order chi connectivity index (χ0) is 15.1. The number of aromatic nitrogens is 1. The molecule has 3 aromatic rings. The molecule has 2 aromatic heterocycles. The van der Waals surface area contributed by atoms with E-state index in [2.05, 4.69) is 20.9 Å². The van der Waals surface area contributed by atoms with Gasteiger partial charge in [0, 0.05) is 15.4 Å².